The Morgan fingerprint density at radius 2 is 1.90 bits per heavy atom. The number of nitrogens with zero attached hydrogens (tertiary/aromatic N) is 1. The van der Waals surface area contributed by atoms with Crippen molar-refractivity contribution in [2.24, 2.45) is 0 Å². The van der Waals surface area contributed by atoms with Crippen LogP contribution in [0.25, 0.3) is 10.8 Å². The number of aliphatic hydroxyl groups excluding tert-OH is 1. The minimum atomic E-state index is -4.83. The minimum Gasteiger partial charge on any atom is -0.394 e. The molecule has 0 radical (unpaired) electrons. The van der Waals surface area contributed by atoms with Crippen LogP contribution in [0.3, 0.4) is 0 Å². The first kappa shape index (κ1) is 22.8. The standard InChI is InChI=1S/C21H17ClF4N2O3/c1-11(10-29)28-7-6-13-14(20(28)31)3-5-16(22)19(13)27-18(30)9-12-2-4-15(17(23)8-12)21(24,25)26/h2-8,11,29H,9-10H2,1H3,(H,27,30). The van der Waals surface area contributed by atoms with Gasteiger partial charge >= 0.3 is 6.18 Å². The van der Waals surface area contributed by atoms with Crippen LogP contribution in [0.15, 0.2) is 47.4 Å². The average Bonchev–Trinajstić information content (AvgIpc) is 2.69. The number of pyridine rings is 1. The van der Waals surface area contributed by atoms with E-state index in [4.69, 9.17) is 11.6 Å². The number of aliphatic hydroxyl groups is 1. The van der Waals surface area contributed by atoms with Crippen molar-refractivity contribution in [3.8, 4) is 0 Å². The third-order valence-corrected chi connectivity index (χ3v) is 5.08. The fraction of sp³-hybridized carbons (Fsp3) is 0.238. The fourth-order valence-electron chi connectivity index (χ4n) is 3.14. The van der Waals surface area contributed by atoms with Crippen molar-refractivity contribution in [3.63, 3.8) is 0 Å². The molecule has 2 N–H and O–H groups in total. The zero-order valence-electron chi connectivity index (χ0n) is 16.1. The van der Waals surface area contributed by atoms with E-state index < -0.39 is 41.5 Å². The van der Waals surface area contributed by atoms with Gasteiger partial charge in [0, 0.05) is 17.0 Å². The summed E-state index contributed by atoms with van der Waals surface area (Å²) in [7, 11) is 0. The van der Waals surface area contributed by atoms with Crippen LogP contribution in [-0.2, 0) is 17.4 Å². The molecule has 164 valence electrons. The molecule has 1 aromatic heterocycles. The Morgan fingerprint density at radius 3 is 2.52 bits per heavy atom. The molecule has 1 amide bonds. The number of amides is 1. The third kappa shape index (κ3) is 4.72. The van der Waals surface area contributed by atoms with Crippen molar-refractivity contribution in [1.29, 1.82) is 0 Å². The highest BCUT2D eigenvalue weighted by molar-refractivity contribution is 6.35. The van der Waals surface area contributed by atoms with Crippen LogP contribution in [0.1, 0.15) is 24.1 Å². The smallest absolute Gasteiger partial charge is 0.394 e. The molecule has 10 heteroatoms. The van der Waals surface area contributed by atoms with Gasteiger partial charge in [-0.25, -0.2) is 4.39 Å². The summed E-state index contributed by atoms with van der Waals surface area (Å²) in [6, 6.07) is 6.26. The summed E-state index contributed by atoms with van der Waals surface area (Å²) in [5.74, 6) is -2.12. The summed E-state index contributed by atoms with van der Waals surface area (Å²) in [5.41, 5.74) is -1.62. The van der Waals surface area contributed by atoms with Crippen LogP contribution < -0.4 is 10.9 Å². The van der Waals surface area contributed by atoms with Crippen LogP contribution in [-0.4, -0.2) is 22.2 Å². The van der Waals surface area contributed by atoms with Crippen LogP contribution in [0, 0.1) is 5.82 Å². The molecule has 0 fully saturated rings. The Morgan fingerprint density at radius 1 is 1.19 bits per heavy atom. The van der Waals surface area contributed by atoms with Gasteiger partial charge in [-0.3, -0.25) is 9.59 Å². The van der Waals surface area contributed by atoms with Gasteiger partial charge in [0.05, 0.1) is 35.3 Å². The maximum absolute atomic E-state index is 13.7. The van der Waals surface area contributed by atoms with E-state index in [1.807, 2.05) is 0 Å². The van der Waals surface area contributed by atoms with Gasteiger partial charge < -0.3 is 15.0 Å². The lowest BCUT2D eigenvalue weighted by Gasteiger charge is -2.15. The van der Waals surface area contributed by atoms with Crippen molar-refractivity contribution >= 4 is 34.0 Å². The van der Waals surface area contributed by atoms with Gasteiger partial charge in [-0.2, -0.15) is 13.2 Å². The molecule has 0 aliphatic heterocycles. The number of hydrogen-bond acceptors (Lipinski definition) is 3. The molecular weight excluding hydrogens is 440 g/mol. The third-order valence-electron chi connectivity index (χ3n) is 4.77. The van der Waals surface area contributed by atoms with E-state index in [1.54, 1.807) is 13.0 Å². The summed E-state index contributed by atoms with van der Waals surface area (Å²) in [6.45, 7) is 1.42. The molecule has 0 aliphatic rings. The second-order valence-corrected chi connectivity index (χ2v) is 7.39. The summed E-state index contributed by atoms with van der Waals surface area (Å²) < 4.78 is 53.1. The molecule has 3 aromatic rings. The summed E-state index contributed by atoms with van der Waals surface area (Å²) >= 11 is 6.18. The van der Waals surface area contributed by atoms with E-state index in [1.165, 1.54) is 22.9 Å². The predicted molar refractivity (Wildman–Crippen MR) is 109 cm³/mol. The normalized spacial score (nSPS) is 12.7. The monoisotopic (exact) mass is 456 g/mol. The quantitative estimate of drug-likeness (QED) is 0.553. The minimum absolute atomic E-state index is 0.0403. The first-order valence-electron chi connectivity index (χ1n) is 9.12. The molecule has 31 heavy (non-hydrogen) atoms. The summed E-state index contributed by atoms with van der Waals surface area (Å²) in [5, 5.41) is 12.6. The predicted octanol–water partition coefficient (Wildman–Crippen LogP) is 4.55. The number of fused-ring (bicyclic) bond motifs is 1. The number of carbonyl (C=O) groups excluding carboxylic acids is 1. The number of alkyl halides is 3. The molecule has 0 saturated heterocycles. The molecule has 1 atom stereocenters. The second-order valence-electron chi connectivity index (χ2n) is 6.98. The van der Waals surface area contributed by atoms with Gasteiger partial charge in [-0.1, -0.05) is 17.7 Å². The maximum Gasteiger partial charge on any atom is 0.419 e. The van der Waals surface area contributed by atoms with E-state index in [0.717, 1.165) is 6.07 Å². The van der Waals surface area contributed by atoms with Gasteiger partial charge in [0.15, 0.2) is 0 Å². The number of hydrogen-bond donors (Lipinski definition) is 2. The lowest BCUT2D eigenvalue weighted by molar-refractivity contribution is -0.140. The van der Waals surface area contributed by atoms with Crippen LogP contribution in [0.5, 0.6) is 0 Å². The number of benzene rings is 2. The first-order chi connectivity index (χ1) is 14.5. The SMILES string of the molecule is CC(CO)n1ccc2c(NC(=O)Cc3ccc(C(F)(F)F)c(F)c3)c(Cl)ccc2c1=O. The molecule has 1 heterocycles. The first-order valence-corrected chi connectivity index (χ1v) is 9.50. The summed E-state index contributed by atoms with van der Waals surface area (Å²) in [4.78, 5) is 25.1. The molecule has 5 nitrogen and oxygen atoms in total. The van der Waals surface area contributed by atoms with E-state index >= 15 is 0 Å². The Labute approximate surface area is 178 Å². The maximum atomic E-state index is 13.7. The Balaban J connectivity index is 1.90. The molecular formula is C21H17ClF4N2O3. The van der Waals surface area contributed by atoms with Gasteiger partial charge in [-0.05, 0) is 42.8 Å². The number of nitrogens with one attached hydrogen (secondary N) is 1. The fourth-order valence-corrected chi connectivity index (χ4v) is 3.36. The van der Waals surface area contributed by atoms with Gasteiger partial charge in [0.2, 0.25) is 5.91 Å². The number of carbonyl (C=O) groups is 1. The zero-order valence-corrected chi connectivity index (χ0v) is 16.9. The molecule has 0 spiro atoms. The lowest BCUT2D eigenvalue weighted by Crippen LogP contribution is -2.25. The number of rotatable bonds is 5. The Hall–Kier alpha value is -2.91. The number of halogens is 5. The zero-order chi connectivity index (χ0) is 22.9. The summed E-state index contributed by atoms with van der Waals surface area (Å²) in [6.07, 6.45) is -3.77. The van der Waals surface area contributed by atoms with Crippen molar-refractivity contribution in [3.05, 3.63) is 74.9 Å². The lowest BCUT2D eigenvalue weighted by atomic mass is 10.1. The van der Waals surface area contributed by atoms with Crippen LogP contribution >= 0.6 is 11.6 Å². The average molecular weight is 457 g/mol. The van der Waals surface area contributed by atoms with Crippen molar-refractivity contribution in [1.82, 2.24) is 4.57 Å². The van der Waals surface area contributed by atoms with Crippen molar-refractivity contribution in [2.45, 2.75) is 25.6 Å². The Kier molecular flexibility index (Phi) is 6.38. The highest BCUT2D eigenvalue weighted by Gasteiger charge is 2.34. The Bertz CT molecular complexity index is 1210. The molecule has 0 bridgehead atoms. The largest absolute Gasteiger partial charge is 0.419 e. The van der Waals surface area contributed by atoms with E-state index in [2.05, 4.69) is 5.32 Å². The topological polar surface area (TPSA) is 71.3 Å². The molecule has 0 saturated carbocycles. The number of aromatic nitrogens is 1. The van der Waals surface area contributed by atoms with Crippen LogP contribution in [0.2, 0.25) is 5.02 Å². The number of anilines is 1. The van der Waals surface area contributed by atoms with Crippen molar-refractivity contribution < 1.29 is 27.5 Å². The second kappa shape index (κ2) is 8.68. The van der Waals surface area contributed by atoms with E-state index in [-0.39, 0.29) is 28.3 Å². The highest BCUT2D eigenvalue weighted by atomic mass is 35.5. The molecule has 3 rings (SSSR count). The van der Waals surface area contributed by atoms with Gasteiger partial charge in [-0.15, -0.1) is 0 Å². The van der Waals surface area contributed by atoms with Gasteiger partial charge in [0.1, 0.15) is 5.82 Å². The molecule has 1 unspecified atom stereocenters. The van der Waals surface area contributed by atoms with E-state index in [0.29, 0.717) is 17.5 Å². The molecule has 0 aliphatic carbocycles. The van der Waals surface area contributed by atoms with Crippen molar-refractivity contribution in [2.75, 3.05) is 11.9 Å². The molecule has 2 aromatic carbocycles. The van der Waals surface area contributed by atoms with E-state index in [9.17, 15) is 32.3 Å². The van der Waals surface area contributed by atoms with Crippen LogP contribution in [0.4, 0.5) is 23.2 Å². The highest BCUT2D eigenvalue weighted by Crippen LogP contribution is 2.32. The van der Waals surface area contributed by atoms with Gasteiger partial charge in [0.25, 0.3) is 5.56 Å².